The van der Waals surface area contributed by atoms with E-state index in [2.05, 4.69) is 5.32 Å². The lowest BCUT2D eigenvalue weighted by atomic mass is 9.98. The summed E-state index contributed by atoms with van der Waals surface area (Å²) >= 11 is 5.96. The largest absolute Gasteiger partial charge is 0.394 e. The van der Waals surface area contributed by atoms with Crippen molar-refractivity contribution in [2.24, 2.45) is 0 Å². The average molecular weight is 284 g/mol. The van der Waals surface area contributed by atoms with E-state index in [0.29, 0.717) is 11.4 Å². The molecular weight excluding hydrogens is 266 g/mol. The summed E-state index contributed by atoms with van der Waals surface area (Å²) in [7, 11) is 0. The van der Waals surface area contributed by atoms with E-state index in [4.69, 9.17) is 11.6 Å². The quantitative estimate of drug-likeness (QED) is 0.695. The minimum Gasteiger partial charge on any atom is -0.394 e. The zero-order valence-electron chi connectivity index (χ0n) is 10.8. The molecule has 1 amide bonds. The van der Waals surface area contributed by atoms with Gasteiger partial charge >= 0.3 is 0 Å². The Morgan fingerprint density at radius 2 is 2.00 bits per heavy atom. The molecule has 5 heteroatoms. The number of amides is 1. The molecule has 0 aliphatic rings. The van der Waals surface area contributed by atoms with Crippen LogP contribution in [0.25, 0.3) is 6.08 Å². The molecule has 0 spiro atoms. The molecule has 0 aliphatic carbocycles. The van der Waals surface area contributed by atoms with Crippen molar-refractivity contribution in [1.82, 2.24) is 5.32 Å². The molecule has 0 saturated carbocycles. The van der Waals surface area contributed by atoms with Crippen LogP contribution in [0.3, 0.4) is 0 Å². The summed E-state index contributed by atoms with van der Waals surface area (Å²) in [6, 6.07) is 7.15. The number of hydrogen-bond acceptors (Lipinski definition) is 3. The molecule has 0 radical (unpaired) electrons. The van der Waals surface area contributed by atoms with E-state index >= 15 is 0 Å². The maximum absolute atomic E-state index is 11.8. The minimum absolute atomic E-state index is 0.314. The number of carbonyl (C=O) groups is 1. The summed E-state index contributed by atoms with van der Waals surface area (Å²) in [6.45, 7) is 1.15. The van der Waals surface area contributed by atoms with Crippen molar-refractivity contribution in [3.8, 4) is 0 Å². The highest BCUT2D eigenvalue weighted by Gasteiger charge is 2.27. The number of aliphatic hydroxyl groups excluding tert-OH is 2. The maximum Gasteiger partial charge on any atom is 0.244 e. The first kappa shape index (κ1) is 15.7. The second kappa shape index (κ2) is 7.28. The summed E-state index contributed by atoms with van der Waals surface area (Å²) in [4.78, 5) is 11.8. The van der Waals surface area contributed by atoms with Gasteiger partial charge < -0.3 is 15.5 Å². The molecule has 0 bridgehead atoms. The predicted molar refractivity (Wildman–Crippen MR) is 75.8 cm³/mol. The number of benzene rings is 1. The van der Waals surface area contributed by atoms with Crippen molar-refractivity contribution >= 4 is 23.6 Å². The summed E-state index contributed by atoms with van der Waals surface area (Å²) in [5, 5.41) is 21.6. The van der Waals surface area contributed by atoms with Crippen LogP contribution in [0.2, 0.25) is 5.02 Å². The van der Waals surface area contributed by atoms with Crippen molar-refractivity contribution < 1.29 is 15.0 Å². The van der Waals surface area contributed by atoms with Gasteiger partial charge in [-0.25, -0.2) is 0 Å². The Kier molecular flexibility index (Phi) is 6.02. The van der Waals surface area contributed by atoms with Crippen LogP contribution >= 0.6 is 11.6 Å². The molecule has 1 aromatic carbocycles. The molecule has 0 aliphatic heterocycles. The lowest BCUT2D eigenvalue weighted by Crippen LogP contribution is -2.53. The van der Waals surface area contributed by atoms with Crippen LogP contribution in [0, 0.1) is 0 Å². The Morgan fingerprint density at radius 1 is 1.37 bits per heavy atom. The number of carbonyl (C=O) groups excluding carboxylic acids is 1. The van der Waals surface area contributed by atoms with Crippen molar-refractivity contribution in [2.45, 2.75) is 18.9 Å². The zero-order valence-corrected chi connectivity index (χ0v) is 11.5. The van der Waals surface area contributed by atoms with Gasteiger partial charge in [-0.2, -0.15) is 0 Å². The Hall–Kier alpha value is -1.36. The number of nitrogens with one attached hydrogen (secondary N) is 1. The fraction of sp³-hybridized carbons (Fsp3) is 0.357. The third kappa shape index (κ3) is 4.35. The zero-order chi connectivity index (χ0) is 14.3. The van der Waals surface area contributed by atoms with Gasteiger partial charge in [-0.05, 0) is 24.1 Å². The van der Waals surface area contributed by atoms with E-state index in [9.17, 15) is 15.0 Å². The van der Waals surface area contributed by atoms with Crippen LogP contribution in [0.1, 0.15) is 18.9 Å². The lowest BCUT2D eigenvalue weighted by molar-refractivity contribution is -0.119. The van der Waals surface area contributed by atoms with Gasteiger partial charge in [-0.3, -0.25) is 4.79 Å². The van der Waals surface area contributed by atoms with E-state index in [1.54, 1.807) is 31.2 Å². The minimum atomic E-state index is -0.984. The first-order valence-corrected chi connectivity index (χ1v) is 6.41. The molecule has 0 heterocycles. The summed E-state index contributed by atoms with van der Waals surface area (Å²) in [5.41, 5.74) is -0.253. The van der Waals surface area contributed by atoms with E-state index in [1.807, 2.05) is 6.07 Å². The van der Waals surface area contributed by atoms with Gasteiger partial charge in [0.2, 0.25) is 5.91 Å². The molecule has 0 fully saturated rings. The molecular formula is C14H18ClNO3. The monoisotopic (exact) mass is 283 g/mol. The first-order valence-electron chi connectivity index (χ1n) is 6.03. The average Bonchev–Trinajstić information content (AvgIpc) is 2.44. The molecule has 0 unspecified atom stereocenters. The Bertz CT molecular complexity index is 447. The molecule has 4 nitrogen and oxygen atoms in total. The van der Waals surface area contributed by atoms with Gasteiger partial charge in [0.25, 0.3) is 0 Å². The summed E-state index contributed by atoms with van der Waals surface area (Å²) in [6.07, 6.45) is 3.36. The van der Waals surface area contributed by atoms with Gasteiger partial charge in [0.1, 0.15) is 0 Å². The maximum atomic E-state index is 11.8. The van der Waals surface area contributed by atoms with Crippen molar-refractivity contribution in [3.05, 3.63) is 40.9 Å². The van der Waals surface area contributed by atoms with Crippen molar-refractivity contribution in [1.29, 1.82) is 0 Å². The van der Waals surface area contributed by atoms with Crippen LogP contribution in [-0.2, 0) is 4.79 Å². The highest BCUT2D eigenvalue weighted by Crippen LogP contribution is 2.16. The predicted octanol–water partition coefficient (Wildman–Crippen LogP) is 1.60. The summed E-state index contributed by atoms with van der Waals surface area (Å²) < 4.78 is 0. The smallest absolute Gasteiger partial charge is 0.244 e. The van der Waals surface area contributed by atoms with E-state index in [-0.39, 0.29) is 19.1 Å². The third-order valence-electron chi connectivity index (χ3n) is 2.99. The second-order valence-electron chi connectivity index (χ2n) is 4.29. The molecule has 0 aromatic heterocycles. The Balaban J connectivity index is 2.73. The van der Waals surface area contributed by atoms with E-state index in [0.717, 1.165) is 5.56 Å². The molecule has 104 valence electrons. The number of hydrogen-bond donors (Lipinski definition) is 3. The second-order valence-corrected chi connectivity index (χ2v) is 4.70. The lowest BCUT2D eigenvalue weighted by Gasteiger charge is -2.29. The number of aliphatic hydroxyl groups is 2. The fourth-order valence-electron chi connectivity index (χ4n) is 1.52. The number of rotatable bonds is 6. The molecule has 1 aromatic rings. The van der Waals surface area contributed by atoms with E-state index in [1.165, 1.54) is 6.08 Å². The summed E-state index contributed by atoms with van der Waals surface area (Å²) in [5.74, 6) is -0.384. The molecule has 19 heavy (non-hydrogen) atoms. The Morgan fingerprint density at radius 3 is 2.53 bits per heavy atom. The van der Waals surface area contributed by atoms with Gasteiger partial charge in [0.15, 0.2) is 0 Å². The van der Waals surface area contributed by atoms with Crippen LogP contribution in [0.5, 0.6) is 0 Å². The van der Waals surface area contributed by atoms with Crippen LogP contribution < -0.4 is 5.32 Å². The number of halogens is 1. The third-order valence-corrected chi connectivity index (χ3v) is 3.33. The van der Waals surface area contributed by atoms with Crippen LogP contribution in [0.15, 0.2) is 30.3 Å². The van der Waals surface area contributed by atoms with Crippen molar-refractivity contribution in [2.75, 3.05) is 13.2 Å². The van der Waals surface area contributed by atoms with Gasteiger partial charge in [-0.1, -0.05) is 36.7 Å². The molecule has 1 rings (SSSR count). The van der Waals surface area contributed by atoms with Gasteiger partial charge in [-0.15, -0.1) is 0 Å². The highest BCUT2D eigenvalue weighted by atomic mass is 35.5. The van der Waals surface area contributed by atoms with Crippen LogP contribution in [-0.4, -0.2) is 34.9 Å². The van der Waals surface area contributed by atoms with Crippen LogP contribution in [0.4, 0.5) is 0 Å². The topological polar surface area (TPSA) is 69.6 Å². The molecule has 0 saturated heterocycles. The molecule has 0 atom stereocenters. The molecule has 3 N–H and O–H groups in total. The Labute approximate surface area is 117 Å². The normalized spacial score (nSPS) is 11.8. The first-order chi connectivity index (χ1) is 9.06. The van der Waals surface area contributed by atoms with E-state index < -0.39 is 5.54 Å². The van der Waals surface area contributed by atoms with Gasteiger partial charge in [0, 0.05) is 11.1 Å². The van der Waals surface area contributed by atoms with Crippen molar-refractivity contribution in [3.63, 3.8) is 0 Å². The fourth-order valence-corrected chi connectivity index (χ4v) is 1.72. The highest BCUT2D eigenvalue weighted by molar-refractivity contribution is 6.32. The SMILES string of the molecule is CCC(CO)(CO)NC(=O)/C=C/c1ccccc1Cl. The van der Waals surface area contributed by atoms with Gasteiger partial charge in [0.05, 0.1) is 18.8 Å². The standard InChI is InChI=1S/C14H18ClNO3/c1-2-14(9-17,10-18)16-13(19)8-7-11-5-3-4-6-12(11)15/h3-8,17-18H,2,9-10H2,1H3,(H,16,19)/b8-7+.